The van der Waals surface area contributed by atoms with E-state index in [1.54, 1.807) is 12.4 Å². The summed E-state index contributed by atoms with van der Waals surface area (Å²) >= 11 is 0. The molecule has 1 saturated carbocycles. The predicted octanol–water partition coefficient (Wildman–Crippen LogP) is 3.43. The van der Waals surface area contributed by atoms with E-state index in [4.69, 9.17) is 4.74 Å². The van der Waals surface area contributed by atoms with Crippen molar-refractivity contribution in [3.8, 4) is 5.88 Å². The van der Waals surface area contributed by atoms with Crippen LogP contribution in [0.1, 0.15) is 52.7 Å². The van der Waals surface area contributed by atoms with E-state index in [1.165, 1.54) is 12.8 Å². The molecule has 118 valence electrons. The van der Waals surface area contributed by atoms with E-state index < -0.39 is 0 Å². The van der Waals surface area contributed by atoms with Gasteiger partial charge in [0.2, 0.25) is 5.88 Å². The Hall–Kier alpha value is -1.16. The van der Waals surface area contributed by atoms with Gasteiger partial charge in [-0.1, -0.05) is 34.1 Å². The van der Waals surface area contributed by atoms with Crippen LogP contribution in [0.5, 0.6) is 5.88 Å². The number of aromatic nitrogens is 2. The van der Waals surface area contributed by atoms with Crippen LogP contribution in [0.4, 0.5) is 0 Å². The van der Waals surface area contributed by atoms with Crippen LogP contribution < -0.4 is 10.1 Å². The standard InChI is InChI=1S/C17H29N3O/c1-5-18-9-14-10-19-11-17(20-14)21-16-8-13(4)6-7-15(16)12(2)3/h10-13,15-16,18H,5-9H2,1-4H3. The molecule has 3 unspecified atom stereocenters. The van der Waals surface area contributed by atoms with Gasteiger partial charge in [0.05, 0.1) is 11.9 Å². The van der Waals surface area contributed by atoms with Gasteiger partial charge in [0, 0.05) is 12.7 Å². The number of rotatable bonds is 6. The minimum Gasteiger partial charge on any atom is -0.473 e. The molecule has 0 amide bonds. The maximum atomic E-state index is 6.22. The van der Waals surface area contributed by atoms with Gasteiger partial charge in [-0.2, -0.15) is 0 Å². The first kappa shape index (κ1) is 16.2. The summed E-state index contributed by atoms with van der Waals surface area (Å²) in [5, 5.41) is 3.27. The summed E-state index contributed by atoms with van der Waals surface area (Å²) in [6, 6.07) is 0. The fourth-order valence-electron chi connectivity index (χ4n) is 3.19. The molecule has 3 atom stereocenters. The Morgan fingerprint density at radius 3 is 2.86 bits per heavy atom. The molecule has 0 aliphatic heterocycles. The second-order valence-electron chi connectivity index (χ2n) is 6.61. The third kappa shape index (κ3) is 4.67. The number of ether oxygens (including phenoxy) is 1. The van der Waals surface area contributed by atoms with Crippen molar-refractivity contribution < 1.29 is 4.74 Å². The van der Waals surface area contributed by atoms with E-state index in [-0.39, 0.29) is 6.10 Å². The van der Waals surface area contributed by atoms with Crippen LogP contribution in [0.2, 0.25) is 0 Å². The molecule has 1 aliphatic rings. The molecule has 0 aromatic carbocycles. The summed E-state index contributed by atoms with van der Waals surface area (Å²) in [5.41, 5.74) is 0.944. The highest BCUT2D eigenvalue weighted by molar-refractivity contribution is 5.09. The first-order valence-corrected chi connectivity index (χ1v) is 8.28. The highest BCUT2D eigenvalue weighted by atomic mass is 16.5. The Kier molecular flexibility index (Phi) is 5.97. The van der Waals surface area contributed by atoms with Crippen molar-refractivity contribution in [3.05, 3.63) is 18.1 Å². The smallest absolute Gasteiger partial charge is 0.232 e. The lowest BCUT2D eigenvalue weighted by molar-refractivity contribution is 0.0421. The van der Waals surface area contributed by atoms with Gasteiger partial charge in [0.1, 0.15) is 6.10 Å². The van der Waals surface area contributed by atoms with E-state index in [1.807, 2.05) is 0 Å². The molecule has 4 heteroatoms. The van der Waals surface area contributed by atoms with E-state index in [0.717, 1.165) is 31.1 Å². The van der Waals surface area contributed by atoms with Gasteiger partial charge in [0.15, 0.2) is 0 Å². The van der Waals surface area contributed by atoms with Crippen LogP contribution in [0.25, 0.3) is 0 Å². The molecular weight excluding hydrogens is 262 g/mol. The van der Waals surface area contributed by atoms with Crippen molar-refractivity contribution in [2.24, 2.45) is 17.8 Å². The van der Waals surface area contributed by atoms with E-state index in [9.17, 15) is 0 Å². The largest absolute Gasteiger partial charge is 0.473 e. The maximum absolute atomic E-state index is 6.22. The van der Waals surface area contributed by atoms with Crippen molar-refractivity contribution in [3.63, 3.8) is 0 Å². The molecule has 0 bridgehead atoms. The third-order valence-electron chi connectivity index (χ3n) is 4.45. The Morgan fingerprint density at radius 1 is 1.33 bits per heavy atom. The van der Waals surface area contributed by atoms with Crippen LogP contribution in [-0.4, -0.2) is 22.6 Å². The Bertz CT molecular complexity index is 436. The van der Waals surface area contributed by atoms with Gasteiger partial charge in [-0.05, 0) is 37.1 Å². The molecular formula is C17H29N3O. The zero-order chi connectivity index (χ0) is 15.2. The van der Waals surface area contributed by atoms with Gasteiger partial charge in [-0.25, -0.2) is 4.98 Å². The average molecular weight is 291 g/mol. The molecule has 1 aromatic rings. The molecule has 2 rings (SSSR count). The lowest BCUT2D eigenvalue weighted by Gasteiger charge is -2.36. The zero-order valence-corrected chi connectivity index (χ0v) is 13.8. The van der Waals surface area contributed by atoms with Crippen molar-refractivity contribution in [1.29, 1.82) is 0 Å². The SMILES string of the molecule is CCNCc1cncc(OC2CC(C)CCC2C(C)C)n1. The summed E-state index contributed by atoms with van der Waals surface area (Å²) in [6.45, 7) is 10.7. The lowest BCUT2D eigenvalue weighted by Crippen LogP contribution is -2.36. The third-order valence-corrected chi connectivity index (χ3v) is 4.45. The van der Waals surface area contributed by atoms with Gasteiger partial charge in [0.25, 0.3) is 0 Å². The summed E-state index contributed by atoms with van der Waals surface area (Å²) in [7, 11) is 0. The molecule has 21 heavy (non-hydrogen) atoms. The second-order valence-corrected chi connectivity index (χ2v) is 6.61. The van der Waals surface area contributed by atoms with E-state index in [0.29, 0.717) is 17.7 Å². The van der Waals surface area contributed by atoms with Crippen molar-refractivity contribution in [2.45, 2.75) is 59.6 Å². The summed E-state index contributed by atoms with van der Waals surface area (Å²) < 4.78 is 6.22. The fraction of sp³-hybridized carbons (Fsp3) is 0.765. The van der Waals surface area contributed by atoms with Crippen LogP contribution >= 0.6 is 0 Å². The van der Waals surface area contributed by atoms with Crippen LogP contribution in [0, 0.1) is 17.8 Å². The van der Waals surface area contributed by atoms with Crippen LogP contribution in [0.3, 0.4) is 0 Å². The number of hydrogen-bond acceptors (Lipinski definition) is 4. The maximum Gasteiger partial charge on any atom is 0.232 e. The van der Waals surface area contributed by atoms with E-state index >= 15 is 0 Å². The molecule has 0 spiro atoms. The summed E-state index contributed by atoms with van der Waals surface area (Å²) in [6.07, 6.45) is 7.52. The van der Waals surface area contributed by atoms with Gasteiger partial charge < -0.3 is 10.1 Å². The normalized spacial score (nSPS) is 26.0. The molecule has 4 nitrogen and oxygen atoms in total. The first-order chi connectivity index (χ1) is 10.1. The molecule has 1 heterocycles. The topological polar surface area (TPSA) is 47.0 Å². The first-order valence-electron chi connectivity index (χ1n) is 8.28. The molecule has 1 N–H and O–H groups in total. The highest BCUT2D eigenvalue weighted by Crippen LogP contribution is 2.35. The van der Waals surface area contributed by atoms with Gasteiger partial charge in [-0.15, -0.1) is 0 Å². The predicted molar refractivity (Wildman–Crippen MR) is 85.2 cm³/mol. The molecule has 1 aromatic heterocycles. The van der Waals surface area contributed by atoms with Crippen molar-refractivity contribution in [1.82, 2.24) is 15.3 Å². The van der Waals surface area contributed by atoms with Gasteiger partial charge in [-0.3, -0.25) is 4.98 Å². The number of nitrogens with one attached hydrogen (secondary N) is 1. The van der Waals surface area contributed by atoms with E-state index in [2.05, 4.69) is 43.0 Å². The quantitative estimate of drug-likeness (QED) is 0.872. The summed E-state index contributed by atoms with van der Waals surface area (Å²) in [4.78, 5) is 8.84. The van der Waals surface area contributed by atoms with Crippen LogP contribution in [0.15, 0.2) is 12.4 Å². The van der Waals surface area contributed by atoms with Crippen LogP contribution in [-0.2, 0) is 6.54 Å². The molecule has 1 fully saturated rings. The molecule has 0 radical (unpaired) electrons. The summed E-state index contributed by atoms with van der Waals surface area (Å²) in [5.74, 6) is 2.69. The Labute approximate surface area is 128 Å². The minimum atomic E-state index is 0.275. The molecule has 1 aliphatic carbocycles. The zero-order valence-electron chi connectivity index (χ0n) is 13.8. The minimum absolute atomic E-state index is 0.275. The Balaban J connectivity index is 2.04. The number of hydrogen-bond donors (Lipinski definition) is 1. The highest BCUT2D eigenvalue weighted by Gasteiger charge is 2.32. The van der Waals surface area contributed by atoms with Gasteiger partial charge >= 0.3 is 0 Å². The Morgan fingerprint density at radius 2 is 2.14 bits per heavy atom. The monoisotopic (exact) mass is 291 g/mol. The van der Waals surface area contributed by atoms with Crippen molar-refractivity contribution in [2.75, 3.05) is 6.54 Å². The lowest BCUT2D eigenvalue weighted by atomic mass is 9.75. The molecule has 0 saturated heterocycles. The number of nitrogens with zero attached hydrogens (tertiary/aromatic N) is 2. The second kappa shape index (κ2) is 7.74. The fourth-order valence-corrected chi connectivity index (χ4v) is 3.19. The average Bonchev–Trinajstić information content (AvgIpc) is 2.45. The van der Waals surface area contributed by atoms with Crippen molar-refractivity contribution >= 4 is 0 Å².